The zero-order valence-electron chi connectivity index (χ0n) is 17.1. The maximum absolute atomic E-state index is 13.1. The molecule has 2 N–H and O–H groups in total. The number of hydrogen-bond acceptors (Lipinski definition) is 6. The Bertz CT molecular complexity index is 971. The van der Waals surface area contributed by atoms with E-state index in [0.29, 0.717) is 24.0 Å². The van der Waals surface area contributed by atoms with Gasteiger partial charge in [0.25, 0.3) is 0 Å². The van der Waals surface area contributed by atoms with Crippen LogP contribution in [-0.2, 0) is 26.4 Å². The van der Waals surface area contributed by atoms with Gasteiger partial charge in [-0.15, -0.1) is 0 Å². The summed E-state index contributed by atoms with van der Waals surface area (Å²) in [6.45, 7) is 5.90. The van der Waals surface area contributed by atoms with Gasteiger partial charge >= 0.3 is 10.3 Å². The van der Waals surface area contributed by atoms with Crippen LogP contribution in [0.1, 0.15) is 63.5 Å². The van der Waals surface area contributed by atoms with Crippen molar-refractivity contribution in [2.24, 2.45) is 27.5 Å². The SMILES string of the molecule is CC(C)O/N=C1\C[C@H]2[C@@H]3CCc4cc(OS(N)(=O)=O)ccc4[C@H]3CC[C@]2(C)C1=O. The Morgan fingerprint density at radius 2 is 2.03 bits per heavy atom. The van der Waals surface area contributed by atoms with Crippen LogP contribution in [0.5, 0.6) is 5.75 Å². The van der Waals surface area contributed by atoms with E-state index >= 15 is 0 Å². The lowest BCUT2D eigenvalue weighted by Gasteiger charge is -2.47. The third-order valence-electron chi connectivity index (χ3n) is 6.87. The summed E-state index contributed by atoms with van der Waals surface area (Å²) in [6, 6.07) is 5.42. The summed E-state index contributed by atoms with van der Waals surface area (Å²) < 4.78 is 27.3. The molecule has 8 heteroatoms. The first-order valence-corrected chi connectivity index (χ1v) is 11.7. The molecule has 0 radical (unpaired) electrons. The fourth-order valence-electron chi connectivity index (χ4n) is 5.60. The summed E-state index contributed by atoms with van der Waals surface area (Å²) in [4.78, 5) is 18.5. The van der Waals surface area contributed by atoms with Gasteiger partial charge in [0, 0.05) is 11.8 Å². The van der Waals surface area contributed by atoms with Gasteiger partial charge in [-0.2, -0.15) is 13.6 Å². The van der Waals surface area contributed by atoms with E-state index in [1.807, 2.05) is 19.9 Å². The summed E-state index contributed by atoms with van der Waals surface area (Å²) in [7, 11) is -4.03. The maximum atomic E-state index is 13.1. The van der Waals surface area contributed by atoms with Gasteiger partial charge in [-0.05, 0) is 80.5 Å². The van der Waals surface area contributed by atoms with Gasteiger partial charge in [0.2, 0.25) is 0 Å². The van der Waals surface area contributed by atoms with Gasteiger partial charge in [-0.3, -0.25) is 4.79 Å². The molecule has 0 heterocycles. The molecule has 0 aliphatic heterocycles. The number of nitrogens with two attached hydrogens (primary N) is 1. The second kappa shape index (κ2) is 7.09. The molecule has 3 aliphatic carbocycles. The molecule has 1 aromatic rings. The lowest BCUT2D eigenvalue weighted by Crippen LogP contribution is -2.42. The third-order valence-corrected chi connectivity index (χ3v) is 7.29. The first-order chi connectivity index (χ1) is 13.6. The van der Waals surface area contributed by atoms with E-state index in [1.54, 1.807) is 12.1 Å². The first-order valence-electron chi connectivity index (χ1n) is 10.2. The predicted molar refractivity (Wildman–Crippen MR) is 109 cm³/mol. The number of ketones is 1. The van der Waals surface area contributed by atoms with Gasteiger partial charge in [0.15, 0.2) is 5.78 Å². The molecule has 158 valence electrons. The van der Waals surface area contributed by atoms with Gasteiger partial charge < -0.3 is 9.02 Å². The number of fused-ring (bicyclic) bond motifs is 5. The van der Waals surface area contributed by atoms with E-state index in [2.05, 4.69) is 12.1 Å². The average Bonchev–Trinajstić information content (AvgIpc) is 2.89. The van der Waals surface area contributed by atoms with Crippen molar-refractivity contribution in [2.75, 3.05) is 0 Å². The summed E-state index contributed by atoms with van der Waals surface area (Å²) in [6.07, 6.45) is 4.17. The molecule has 0 spiro atoms. The zero-order valence-corrected chi connectivity index (χ0v) is 17.9. The van der Waals surface area contributed by atoms with E-state index in [1.165, 1.54) is 5.56 Å². The molecule has 3 aliphatic rings. The van der Waals surface area contributed by atoms with E-state index < -0.39 is 10.3 Å². The van der Waals surface area contributed by atoms with Crippen molar-refractivity contribution < 1.29 is 22.2 Å². The number of benzene rings is 1. The van der Waals surface area contributed by atoms with Crippen LogP contribution >= 0.6 is 0 Å². The first kappa shape index (κ1) is 20.3. The lowest BCUT2D eigenvalue weighted by molar-refractivity contribution is -0.125. The van der Waals surface area contributed by atoms with Crippen molar-refractivity contribution in [1.82, 2.24) is 0 Å². The van der Waals surface area contributed by atoms with E-state index in [0.717, 1.165) is 31.2 Å². The van der Waals surface area contributed by atoms with Crippen LogP contribution < -0.4 is 9.32 Å². The number of rotatable bonds is 4. The van der Waals surface area contributed by atoms with Crippen LogP contribution in [-0.4, -0.2) is 26.0 Å². The summed E-state index contributed by atoms with van der Waals surface area (Å²) in [5.74, 6) is 1.42. The van der Waals surface area contributed by atoms with E-state index in [-0.39, 0.29) is 29.0 Å². The highest BCUT2D eigenvalue weighted by atomic mass is 32.2. The zero-order chi connectivity index (χ0) is 21.0. The fourth-order valence-corrected chi connectivity index (χ4v) is 5.97. The Balaban J connectivity index is 1.61. The molecule has 0 bridgehead atoms. The van der Waals surface area contributed by atoms with E-state index in [4.69, 9.17) is 14.2 Å². The standard InChI is InChI=1S/C21H28N2O5S/c1-12(2)27-23-19-11-18-17-6-4-13-10-14(28-29(22,25)26)5-7-15(13)16(17)8-9-21(18,3)20(19)24/h5,7,10,12,16-18H,4,6,8-9,11H2,1-3H3,(H2,22,25,26)/b23-19+/t16-,17-,18+,21+/m1/s1. The molecule has 29 heavy (non-hydrogen) atoms. The van der Waals surface area contributed by atoms with Gasteiger partial charge in [-0.1, -0.05) is 18.1 Å². The molecule has 0 unspecified atom stereocenters. The predicted octanol–water partition coefficient (Wildman–Crippen LogP) is 3.09. The Kier molecular flexibility index (Phi) is 4.98. The van der Waals surface area contributed by atoms with Crippen LogP contribution in [0.2, 0.25) is 0 Å². The second-order valence-corrected chi connectivity index (χ2v) is 10.2. The van der Waals surface area contributed by atoms with Gasteiger partial charge in [0.05, 0.1) is 0 Å². The number of hydrogen-bond donors (Lipinski definition) is 1. The topological polar surface area (TPSA) is 108 Å². The molecule has 2 saturated carbocycles. The van der Waals surface area contributed by atoms with Crippen LogP contribution in [0.15, 0.2) is 23.4 Å². The summed E-state index contributed by atoms with van der Waals surface area (Å²) in [5.41, 5.74) is 2.56. The van der Waals surface area contributed by atoms with Gasteiger partial charge in [0.1, 0.15) is 17.6 Å². The number of oxime groups is 1. The molecule has 2 fully saturated rings. The Labute approximate surface area is 171 Å². The minimum absolute atomic E-state index is 0.0474. The summed E-state index contributed by atoms with van der Waals surface area (Å²) >= 11 is 0. The molecular weight excluding hydrogens is 392 g/mol. The van der Waals surface area contributed by atoms with Crippen molar-refractivity contribution in [3.8, 4) is 5.75 Å². The fraction of sp³-hybridized carbons (Fsp3) is 0.619. The molecule has 1 aromatic carbocycles. The normalized spacial score (nSPS) is 32.7. The molecule has 0 aromatic heterocycles. The van der Waals surface area contributed by atoms with Crippen molar-refractivity contribution >= 4 is 21.8 Å². The smallest absolute Gasteiger partial charge is 0.380 e. The highest BCUT2D eigenvalue weighted by Gasteiger charge is 2.57. The molecule has 0 saturated heterocycles. The highest BCUT2D eigenvalue weighted by molar-refractivity contribution is 7.84. The lowest BCUT2D eigenvalue weighted by atomic mass is 9.55. The monoisotopic (exact) mass is 420 g/mol. The molecular formula is C21H28N2O5S. The van der Waals surface area contributed by atoms with Crippen molar-refractivity contribution in [3.05, 3.63) is 29.3 Å². The largest absolute Gasteiger partial charge is 0.393 e. The number of aryl methyl sites for hydroxylation is 1. The average molecular weight is 421 g/mol. The maximum Gasteiger partial charge on any atom is 0.380 e. The van der Waals surface area contributed by atoms with E-state index in [9.17, 15) is 13.2 Å². The summed E-state index contributed by atoms with van der Waals surface area (Å²) in [5, 5.41) is 9.17. The highest BCUT2D eigenvalue weighted by Crippen LogP contribution is 2.59. The molecule has 7 nitrogen and oxygen atoms in total. The molecule has 4 atom stereocenters. The minimum atomic E-state index is -4.03. The third kappa shape index (κ3) is 3.68. The number of carbonyl (C=O) groups is 1. The Morgan fingerprint density at radius 1 is 1.28 bits per heavy atom. The van der Waals surface area contributed by atoms with Crippen molar-refractivity contribution in [3.63, 3.8) is 0 Å². The number of carbonyl (C=O) groups excluding carboxylic acids is 1. The Hall–Kier alpha value is -1.93. The van der Waals surface area contributed by atoms with Gasteiger partial charge in [-0.25, -0.2) is 0 Å². The quantitative estimate of drug-likeness (QED) is 0.753. The number of nitrogens with zero attached hydrogens (tertiary/aromatic N) is 1. The molecule has 0 amide bonds. The number of Topliss-reactive ketones (excluding diaryl/α,β-unsaturated/α-hetero) is 1. The van der Waals surface area contributed by atoms with Crippen LogP contribution in [0.25, 0.3) is 0 Å². The van der Waals surface area contributed by atoms with Crippen LogP contribution in [0.4, 0.5) is 0 Å². The Morgan fingerprint density at radius 3 is 2.72 bits per heavy atom. The second-order valence-electron chi connectivity index (χ2n) is 9.03. The van der Waals surface area contributed by atoms with Crippen LogP contribution in [0.3, 0.4) is 0 Å². The van der Waals surface area contributed by atoms with Crippen LogP contribution in [0, 0.1) is 17.3 Å². The van der Waals surface area contributed by atoms with Crippen molar-refractivity contribution in [1.29, 1.82) is 0 Å². The minimum Gasteiger partial charge on any atom is -0.393 e. The van der Waals surface area contributed by atoms with Crippen molar-refractivity contribution in [2.45, 2.75) is 64.9 Å². The molecule has 4 rings (SSSR count).